The first-order chi connectivity index (χ1) is 7.87. The van der Waals surface area contributed by atoms with E-state index in [9.17, 15) is 13.2 Å². The van der Waals surface area contributed by atoms with E-state index in [2.05, 4.69) is 5.32 Å². The van der Waals surface area contributed by atoms with Crippen LogP contribution in [0, 0.1) is 17.8 Å². The highest BCUT2D eigenvalue weighted by Crippen LogP contribution is 2.54. The van der Waals surface area contributed by atoms with Crippen LogP contribution in [0.5, 0.6) is 0 Å². The average Bonchev–Trinajstić information content (AvgIpc) is 2.70. The average molecular weight is 257 g/mol. The molecule has 3 fully saturated rings. The standard InChI is InChI=1S/C12H19NO3S/c1-12(2-3-17(15,16)7-12)13-11(14)10-5-8-4-9(8)6-10/h8-10H,2-7H2,1H3,(H,13,14). The van der Waals surface area contributed by atoms with Crippen molar-refractivity contribution in [2.24, 2.45) is 17.8 Å². The predicted octanol–water partition coefficient (Wildman–Crippen LogP) is 0.726. The molecule has 5 heteroatoms. The van der Waals surface area contributed by atoms with Crippen LogP contribution in [0.4, 0.5) is 0 Å². The van der Waals surface area contributed by atoms with Crippen LogP contribution in [-0.2, 0) is 14.6 Å². The van der Waals surface area contributed by atoms with Gasteiger partial charge >= 0.3 is 0 Å². The zero-order chi connectivity index (χ0) is 12.3. The Labute approximate surface area is 102 Å². The SMILES string of the molecule is CC1(NC(=O)C2CC3CC3C2)CCS(=O)(=O)C1. The van der Waals surface area contributed by atoms with Gasteiger partial charge in [0, 0.05) is 5.92 Å². The molecule has 3 aliphatic rings. The summed E-state index contributed by atoms with van der Waals surface area (Å²) in [7, 11) is -2.94. The van der Waals surface area contributed by atoms with Crippen molar-refractivity contribution < 1.29 is 13.2 Å². The Morgan fingerprint density at radius 1 is 1.24 bits per heavy atom. The van der Waals surface area contributed by atoms with Crippen LogP contribution in [0.25, 0.3) is 0 Å². The topological polar surface area (TPSA) is 63.2 Å². The molecular formula is C12H19NO3S. The number of carbonyl (C=O) groups is 1. The lowest BCUT2D eigenvalue weighted by Gasteiger charge is -2.26. The van der Waals surface area contributed by atoms with Crippen molar-refractivity contribution in [3.8, 4) is 0 Å². The first-order valence-corrected chi connectivity index (χ1v) is 8.21. The maximum atomic E-state index is 12.1. The Kier molecular flexibility index (Phi) is 2.35. The second kappa shape index (κ2) is 3.46. The van der Waals surface area contributed by atoms with Crippen molar-refractivity contribution in [1.29, 1.82) is 0 Å². The minimum Gasteiger partial charge on any atom is -0.350 e. The molecule has 1 aliphatic heterocycles. The van der Waals surface area contributed by atoms with Gasteiger partial charge in [0.25, 0.3) is 0 Å². The van der Waals surface area contributed by atoms with Crippen molar-refractivity contribution >= 4 is 15.7 Å². The Morgan fingerprint density at radius 3 is 2.41 bits per heavy atom. The Hall–Kier alpha value is -0.580. The summed E-state index contributed by atoms with van der Waals surface area (Å²) in [4.78, 5) is 12.1. The van der Waals surface area contributed by atoms with Gasteiger partial charge in [0.05, 0.1) is 17.0 Å². The fourth-order valence-corrected chi connectivity index (χ4v) is 5.53. The molecule has 1 N–H and O–H groups in total. The highest BCUT2D eigenvalue weighted by atomic mass is 32.2. The number of sulfone groups is 1. The molecule has 0 spiro atoms. The van der Waals surface area contributed by atoms with Crippen LogP contribution in [0.3, 0.4) is 0 Å². The Morgan fingerprint density at radius 2 is 1.88 bits per heavy atom. The quantitative estimate of drug-likeness (QED) is 0.793. The van der Waals surface area contributed by atoms with Gasteiger partial charge in [-0.05, 0) is 44.4 Å². The molecule has 0 bridgehead atoms. The first kappa shape index (κ1) is 11.5. The Bertz CT molecular complexity index is 448. The van der Waals surface area contributed by atoms with Gasteiger partial charge in [-0.3, -0.25) is 4.79 Å². The molecule has 1 heterocycles. The summed E-state index contributed by atoms with van der Waals surface area (Å²) in [6, 6.07) is 0. The second-order valence-electron chi connectivity index (χ2n) is 6.32. The van der Waals surface area contributed by atoms with Gasteiger partial charge in [0.2, 0.25) is 5.91 Å². The fraction of sp³-hybridized carbons (Fsp3) is 0.917. The summed E-state index contributed by atoms with van der Waals surface area (Å²) in [6.45, 7) is 1.85. The molecule has 0 aromatic heterocycles. The molecule has 0 aromatic carbocycles. The van der Waals surface area contributed by atoms with E-state index in [4.69, 9.17) is 0 Å². The first-order valence-electron chi connectivity index (χ1n) is 6.39. The zero-order valence-corrected chi connectivity index (χ0v) is 10.9. The highest BCUT2D eigenvalue weighted by Gasteiger charge is 2.49. The van der Waals surface area contributed by atoms with E-state index in [0.29, 0.717) is 6.42 Å². The lowest BCUT2D eigenvalue weighted by molar-refractivity contribution is -0.126. The minimum absolute atomic E-state index is 0.0804. The largest absolute Gasteiger partial charge is 0.350 e. The van der Waals surface area contributed by atoms with Gasteiger partial charge in [-0.15, -0.1) is 0 Å². The number of nitrogens with one attached hydrogen (secondary N) is 1. The molecular weight excluding hydrogens is 238 g/mol. The van der Waals surface area contributed by atoms with Crippen molar-refractivity contribution in [2.75, 3.05) is 11.5 Å². The van der Waals surface area contributed by atoms with Gasteiger partial charge < -0.3 is 5.32 Å². The lowest BCUT2D eigenvalue weighted by atomic mass is 9.97. The summed E-state index contributed by atoms with van der Waals surface area (Å²) in [5, 5.41) is 2.98. The van der Waals surface area contributed by atoms with E-state index >= 15 is 0 Å². The van der Waals surface area contributed by atoms with E-state index < -0.39 is 15.4 Å². The summed E-state index contributed by atoms with van der Waals surface area (Å²) in [5.41, 5.74) is -0.525. The second-order valence-corrected chi connectivity index (χ2v) is 8.50. The number of hydrogen-bond donors (Lipinski definition) is 1. The lowest BCUT2D eigenvalue weighted by Crippen LogP contribution is -2.49. The monoisotopic (exact) mass is 257 g/mol. The minimum atomic E-state index is -2.94. The number of rotatable bonds is 2. The molecule has 3 unspecified atom stereocenters. The molecule has 0 aromatic rings. The van der Waals surface area contributed by atoms with Crippen LogP contribution in [0.2, 0.25) is 0 Å². The van der Waals surface area contributed by atoms with Crippen LogP contribution >= 0.6 is 0 Å². The van der Waals surface area contributed by atoms with Gasteiger partial charge in [0.15, 0.2) is 9.84 Å². The third-order valence-corrected chi connectivity index (χ3v) is 6.45. The molecule has 96 valence electrons. The fourth-order valence-electron chi connectivity index (χ4n) is 3.44. The van der Waals surface area contributed by atoms with Gasteiger partial charge in [-0.1, -0.05) is 0 Å². The van der Waals surface area contributed by atoms with Crippen molar-refractivity contribution in [3.05, 3.63) is 0 Å². The highest BCUT2D eigenvalue weighted by molar-refractivity contribution is 7.91. The van der Waals surface area contributed by atoms with Gasteiger partial charge in [-0.2, -0.15) is 0 Å². The van der Waals surface area contributed by atoms with E-state index in [1.807, 2.05) is 6.92 Å². The Balaban J connectivity index is 1.61. The van der Waals surface area contributed by atoms with Gasteiger partial charge in [0.1, 0.15) is 0 Å². The molecule has 1 saturated heterocycles. The molecule has 1 amide bonds. The summed E-state index contributed by atoms with van der Waals surface area (Å²) < 4.78 is 22.9. The summed E-state index contributed by atoms with van der Waals surface area (Å²) in [6.07, 6.45) is 3.88. The number of carbonyl (C=O) groups excluding carboxylic acids is 1. The number of amides is 1. The van der Waals surface area contributed by atoms with Crippen LogP contribution < -0.4 is 5.32 Å². The zero-order valence-electron chi connectivity index (χ0n) is 10.1. The van der Waals surface area contributed by atoms with Gasteiger partial charge in [-0.25, -0.2) is 8.42 Å². The molecule has 2 saturated carbocycles. The van der Waals surface area contributed by atoms with E-state index in [1.54, 1.807) is 0 Å². The number of fused-ring (bicyclic) bond motifs is 1. The molecule has 3 atom stereocenters. The predicted molar refractivity (Wildman–Crippen MR) is 64.1 cm³/mol. The molecule has 3 rings (SSSR count). The summed E-state index contributed by atoms with van der Waals surface area (Å²) >= 11 is 0. The summed E-state index contributed by atoms with van der Waals surface area (Å²) in [5.74, 6) is 2.10. The molecule has 17 heavy (non-hydrogen) atoms. The number of hydrogen-bond acceptors (Lipinski definition) is 3. The van der Waals surface area contributed by atoms with Crippen LogP contribution in [-0.4, -0.2) is 31.4 Å². The van der Waals surface area contributed by atoms with Crippen LogP contribution in [0.1, 0.15) is 32.6 Å². The third-order valence-electron chi connectivity index (χ3n) is 4.54. The molecule has 2 aliphatic carbocycles. The van der Waals surface area contributed by atoms with E-state index in [0.717, 1.165) is 24.7 Å². The van der Waals surface area contributed by atoms with E-state index in [-0.39, 0.29) is 23.3 Å². The van der Waals surface area contributed by atoms with Crippen molar-refractivity contribution in [3.63, 3.8) is 0 Å². The normalized spacial score (nSPS) is 46.5. The van der Waals surface area contributed by atoms with Crippen molar-refractivity contribution in [2.45, 2.75) is 38.1 Å². The maximum Gasteiger partial charge on any atom is 0.223 e. The maximum absolute atomic E-state index is 12.1. The smallest absolute Gasteiger partial charge is 0.223 e. The van der Waals surface area contributed by atoms with E-state index in [1.165, 1.54) is 6.42 Å². The van der Waals surface area contributed by atoms with Crippen molar-refractivity contribution in [1.82, 2.24) is 5.32 Å². The van der Waals surface area contributed by atoms with Crippen LogP contribution in [0.15, 0.2) is 0 Å². The molecule has 4 nitrogen and oxygen atoms in total. The third kappa shape index (κ3) is 2.21. The molecule has 0 radical (unpaired) electrons.